The van der Waals surface area contributed by atoms with E-state index in [1.165, 1.54) is 44.9 Å². The van der Waals surface area contributed by atoms with Gasteiger partial charge in [-0.05, 0) is 24.8 Å². The fourth-order valence-corrected chi connectivity index (χ4v) is 2.10. The third-order valence-electron chi connectivity index (χ3n) is 3.66. The van der Waals surface area contributed by atoms with E-state index in [2.05, 4.69) is 20.8 Å². The van der Waals surface area contributed by atoms with Crippen molar-refractivity contribution in [1.29, 1.82) is 0 Å². The molecule has 8 N–H and O–H groups in total. The number of aliphatic carboxylic acids is 6. The Morgan fingerprint density at radius 3 is 0.811 bits per heavy atom. The van der Waals surface area contributed by atoms with Crippen LogP contribution in [0.1, 0.15) is 107 Å². The average molecular weight is 546 g/mol. The number of rotatable bonds is 8. The van der Waals surface area contributed by atoms with Crippen molar-refractivity contribution in [3.05, 3.63) is 0 Å². The van der Waals surface area contributed by atoms with Gasteiger partial charge in [0.15, 0.2) is 0 Å². The smallest absolute Gasteiger partial charge is 0.300 e. The highest BCUT2D eigenvalue weighted by Crippen LogP contribution is 2.35. The monoisotopic (exact) mass is 545 g/mol. The topological polar surface area (TPSA) is 250 Å². The number of carboxylic acids is 6. The van der Waals surface area contributed by atoms with E-state index in [-0.39, 0.29) is 0 Å². The maximum Gasteiger partial charge on any atom is 0.300 e. The van der Waals surface area contributed by atoms with Crippen LogP contribution in [-0.4, -0.2) is 73.0 Å². The van der Waals surface area contributed by atoms with E-state index in [0.29, 0.717) is 5.41 Å². The molecule has 0 radical (unpaired) electrons. The summed E-state index contributed by atoms with van der Waals surface area (Å²) >= 11 is 0. The molecule has 0 spiro atoms. The van der Waals surface area contributed by atoms with Gasteiger partial charge in [-0.15, -0.1) is 0 Å². The summed E-state index contributed by atoms with van der Waals surface area (Å²) in [5, 5.41) is 44.5. The van der Waals surface area contributed by atoms with E-state index in [9.17, 15) is 0 Å². The van der Waals surface area contributed by atoms with Gasteiger partial charge in [0.1, 0.15) is 0 Å². The molecular weight excluding hydrogens is 494 g/mol. The van der Waals surface area contributed by atoms with Gasteiger partial charge in [0.05, 0.1) is 0 Å². The van der Waals surface area contributed by atoms with Gasteiger partial charge >= 0.3 is 0 Å². The third kappa shape index (κ3) is 190. The largest absolute Gasteiger partial charge is 0.481 e. The molecular formula is C24H51NO12. The van der Waals surface area contributed by atoms with Gasteiger partial charge in [-0.1, -0.05) is 52.9 Å². The van der Waals surface area contributed by atoms with E-state index in [0.717, 1.165) is 48.1 Å². The maximum atomic E-state index is 9.00. The van der Waals surface area contributed by atoms with Crippen LogP contribution in [-0.2, 0) is 28.8 Å². The first-order valence-electron chi connectivity index (χ1n) is 11.5. The number of unbranched alkanes of at least 4 members (excludes halogenated alkanes) is 2. The molecule has 0 amide bonds. The number of hydrogen-bond acceptors (Lipinski definition) is 7. The summed E-state index contributed by atoms with van der Waals surface area (Å²) < 4.78 is 0. The molecule has 0 saturated carbocycles. The molecule has 13 nitrogen and oxygen atoms in total. The molecule has 0 rings (SSSR count). The van der Waals surface area contributed by atoms with Crippen LogP contribution in [0.3, 0.4) is 0 Å². The normalized spacial score (nSPS) is 8.27. The Bertz CT molecular complexity index is 449. The number of hydrogen-bond donors (Lipinski definition) is 7. The van der Waals surface area contributed by atoms with E-state index >= 15 is 0 Å². The van der Waals surface area contributed by atoms with Crippen molar-refractivity contribution in [2.75, 3.05) is 6.54 Å². The van der Waals surface area contributed by atoms with Gasteiger partial charge in [0, 0.05) is 41.5 Å². The fourth-order valence-electron chi connectivity index (χ4n) is 2.10. The Morgan fingerprint density at radius 1 is 0.486 bits per heavy atom. The van der Waals surface area contributed by atoms with E-state index in [1.54, 1.807) is 0 Å². The van der Waals surface area contributed by atoms with Crippen LogP contribution in [0.5, 0.6) is 0 Å². The molecule has 0 unspecified atom stereocenters. The predicted molar refractivity (Wildman–Crippen MR) is 141 cm³/mol. The summed E-state index contributed by atoms with van der Waals surface area (Å²) in [5.41, 5.74) is 6.11. The zero-order chi connectivity index (χ0) is 31.6. The SMILES string of the molecule is CC(=O)O.CC(=O)O.CC(=O)O.CC(=O)O.CC(=O)O.CC(=O)O.CCC(CC)(CC)CCCCCN. The molecule has 13 heteroatoms. The first-order chi connectivity index (χ1) is 16.6. The van der Waals surface area contributed by atoms with E-state index < -0.39 is 35.8 Å². The predicted octanol–water partition coefficient (Wildman–Crippen LogP) is 4.27. The average Bonchev–Trinajstić information content (AvgIpc) is 2.66. The summed E-state index contributed by atoms with van der Waals surface area (Å²) in [4.78, 5) is 54.0. The van der Waals surface area contributed by atoms with Crippen molar-refractivity contribution in [3.8, 4) is 0 Å². The van der Waals surface area contributed by atoms with Crippen LogP contribution in [0, 0.1) is 5.41 Å². The van der Waals surface area contributed by atoms with Crippen molar-refractivity contribution in [2.24, 2.45) is 11.1 Å². The standard InChI is InChI=1S/C12H27N.6C2H4O2/c1-4-12(5-2,6-3)10-8-7-9-11-13;6*1-2(3)4/h4-11,13H2,1-3H3;6*1H3,(H,3,4). The Hall–Kier alpha value is -3.22. The molecule has 0 aromatic carbocycles. The zero-order valence-corrected chi connectivity index (χ0v) is 23.9. The molecule has 0 aromatic heterocycles. The summed E-state index contributed by atoms with van der Waals surface area (Å²) in [5.74, 6) is -5.00. The van der Waals surface area contributed by atoms with Crippen LogP contribution in [0.25, 0.3) is 0 Å². The highest BCUT2D eigenvalue weighted by atomic mass is 16.4. The van der Waals surface area contributed by atoms with Crippen molar-refractivity contribution in [1.82, 2.24) is 0 Å². The second-order valence-electron chi connectivity index (χ2n) is 7.27. The molecule has 37 heavy (non-hydrogen) atoms. The summed E-state index contributed by atoms with van der Waals surface area (Å²) in [6, 6.07) is 0. The Morgan fingerprint density at radius 2 is 0.676 bits per heavy atom. The van der Waals surface area contributed by atoms with E-state index in [1.807, 2.05) is 0 Å². The van der Waals surface area contributed by atoms with Crippen molar-refractivity contribution in [2.45, 2.75) is 107 Å². The van der Waals surface area contributed by atoms with Gasteiger partial charge in [-0.25, -0.2) is 0 Å². The Kier molecular flexibility index (Phi) is 54.7. The lowest BCUT2D eigenvalue weighted by Gasteiger charge is -2.30. The van der Waals surface area contributed by atoms with Crippen molar-refractivity contribution in [3.63, 3.8) is 0 Å². The number of carboxylic acid groups (broad SMARTS) is 6. The molecule has 0 aromatic rings. The summed E-state index contributed by atoms with van der Waals surface area (Å²) in [6.45, 7) is 14.3. The minimum Gasteiger partial charge on any atom is -0.481 e. The number of nitrogens with two attached hydrogens (primary N) is 1. The van der Waals surface area contributed by atoms with Crippen LogP contribution in [0.2, 0.25) is 0 Å². The summed E-state index contributed by atoms with van der Waals surface area (Å²) in [6.07, 6.45) is 9.29. The molecule has 0 bridgehead atoms. The zero-order valence-electron chi connectivity index (χ0n) is 23.9. The van der Waals surface area contributed by atoms with Gasteiger partial charge < -0.3 is 36.4 Å². The number of carbonyl (C=O) groups is 6. The lowest BCUT2D eigenvalue weighted by molar-refractivity contribution is -0.135. The molecule has 0 aliphatic rings. The van der Waals surface area contributed by atoms with Crippen LogP contribution in [0.4, 0.5) is 0 Å². The quantitative estimate of drug-likeness (QED) is 0.211. The van der Waals surface area contributed by atoms with Gasteiger partial charge in [0.2, 0.25) is 0 Å². The Balaban J connectivity index is -0.0000000627. The highest BCUT2D eigenvalue weighted by molar-refractivity contribution is 5.64. The van der Waals surface area contributed by atoms with Crippen LogP contribution >= 0.6 is 0 Å². The lowest BCUT2D eigenvalue weighted by atomic mass is 9.76. The molecule has 0 atom stereocenters. The van der Waals surface area contributed by atoms with Crippen molar-refractivity contribution >= 4 is 35.8 Å². The van der Waals surface area contributed by atoms with Gasteiger partial charge in [0.25, 0.3) is 35.8 Å². The molecule has 0 fully saturated rings. The molecule has 0 saturated heterocycles. The van der Waals surface area contributed by atoms with Gasteiger partial charge in [-0.3, -0.25) is 28.8 Å². The highest BCUT2D eigenvalue weighted by Gasteiger charge is 2.22. The summed E-state index contributed by atoms with van der Waals surface area (Å²) in [7, 11) is 0. The lowest BCUT2D eigenvalue weighted by Crippen LogP contribution is -2.17. The molecule has 0 aliphatic carbocycles. The molecule has 0 heterocycles. The Labute approximate surface area is 220 Å². The van der Waals surface area contributed by atoms with Crippen LogP contribution in [0.15, 0.2) is 0 Å². The second-order valence-corrected chi connectivity index (χ2v) is 7.27. The van der Waals surface area contributed by atoms with Gasteiger partial charge in [-0.2, -0.15) is 0 Å². The first kappa shape index (κ1) is 50.6. The minimum atomic E-state index is -0.833. The minimum absolute atomic E-state index is 0.634. The molecule has 224 valence electrons. The first-order valence-corrected chi connectivity index (χ1v) is 11.5. The van der Waals surface area contributed by atoms with Crippen LogP contribution < -0.4 is 5.73 Å². The second kappa shape index (κ2) is 40.0. The van der Waals surface area contributed by atoms with E-state index in [4.69, 9.17) is 65.1 Å². The third-order valence-corrected chi connectivity index (χ3v) is 3.66. The van der Waals surface area contributed by atoms with Crippen molar-refractivity contribution < 1.29 is 59.4 Å². The molecule has 0 aliphatic heterocycles. The maximum absolute atomic E-state index is 9.00. The fraction of sp³-hybridized carbons (Fsp3) is 0.750.